The number of amides is 1. The summed E-state index contributed by atoms with van der Waals surface area (Å²) in [5, 5.41) is 8.50. The summed E-state index contributed by atoms with van der Waals surface area (Å²) < 4.78 is 1.83. The Morgan fingerprint density at radius 1 is 0.976 bits per heavy atom. The highest BCUT2D eigenvalue weighted by Gasteiger charge is 2.20. The molecule has 6 rings (SSSR count). The molecule has 2 aromatic carbocycles. The van der Waals surface area contributed by atoms with E-state index in [1.807, 2.05) is 50.1 Å². The Balaban J connectivity index is 1.49. The molecule has 1 amide bonds. The van der Waals surface area contributed by atoms with Crippen LogP contribution < -0.4 is 10.2 Å². The predicted octanol–water partition coefficient (Wildman–Crippen LogP) is 5.79. The van der Waals surface area contributed by atoms with Crippen molar-refractivity contribution in [1.29, 1.82) is 0 Å². The van der Waals surface area contributed by atoms with Gasteiger partial charge in [0.05, 0.1) is 11.4 Å². The van der Waals surface area contributed by atoms with E-state index in [0.29, 0.717) is 0 Å². The number of aromatic nitrogens is 4. The molecule has 8 heteroatoms. The van der Waals surface area contributed by atoms with Crippen molar-refractivity contribution < 1.29 is 4.79 Å². The maximum Gasteiger partial charge on any atom is 0.247 e. The second-order valence-corrected chi connectivity index (χ2v) is 10.9. The van der Waals surface area contributed by atoms with Crippen molar-refractivity contribution >= 4 is 28.3 Å². The largest absolute Gasteiger partial charge is 0.369 e. The fourth-order valence-corrected chi connectivity index (χ4v) is 5.62. The van der Waals surface area contributed by atoms with E-state index >= 15 is 0 Å². The van der Waals surface area contributed by atoms with Crippen molar-refractivity contribution in [2.45, 2.75) is 13.8 Å². The van der Waals surface area contributed by atoms with Crippen molar-refractivity contribution in [2.24, 2.45) is 7.05 Å². The summed E-state index contributed by atoms with van der Waals surface area (Å²) in [7, 11) is 4.10. The molecule has 1 saturated heterocycles. The summed E-state index contributed by atoms with van der Waals surface area (Å²) in [4.78, 5) is 25.5. The van der Waals surface area contributed by atoms with Gasteiger partial charge in [0.15, 0.2) is 0 Å². The van der Waals surface area contributed by atoms with Gasteiger partial charge in [-0.3, -0.25) is 9.48 Å². The van der Waals surface area contributed by atoms with Gasteiger partial charge in [-0.25, -0.2) is 4.98 Å². The molecule has 2 N–H and O–H groups in total. The molecule has 1 fully saturated rings. The zero-order valence-corrected chi connectivity index (χ0v) is 24.0. The number of hydrogen-bond acceptors (Lipinski definition) is 5. The molecule has 0 saturated carbocycles. The Kier molecular flexibility index (Phi) is 6.93. The molecule has 0 spiro atoms. The minimum Gasteiger partial charge on any atom is -0.369 e. The van der Waals surface area contributed by atoms with Crippen LogP contribution in [0.5, 0.6) is 0 Å². The molecule has 8 nitrogen and oxygen atoms in total. The van der Waals surface area contributed by atoms with E-state index in [4.69, 9.17) is 4.98 Å². The molecule has 41 heavy (non-hydrogen) atoms. The number of benzene rings is 2. The molecular formula is C33H35N7O. The number of piperazine rings is 1. The summed E-state index contributed by atoms with van der Waals surface area (Å²) in [6.45, 7) is 11.8. The maximum atomic E-state index is 12.2. The quantitative estimate of drug-likeness (QED) is 0.264. The van der Waals surface area contributed by atoms with Gasteiger partial charge < -0.3 is 20.1 Å². The molecule has 0 unspecified atom stereocenters. The fraction of sp³-hybridized carbons (Fsp3) is 0.242. The highest BCUT2D eigenvalue weighted by atomic mass is 16.1. The molecular weight excluding hydrogens is 510 g/mol. The number of carbonyl (C=O) groups is 1. The molecule has 5 aromatic rings. The summed E-state index contributed by atoms with van der Waals surface area (Å²) in [5.74, 6) is -0.236. The van der Waals surface area contributed by atoms with Crippen LogP contribution in [0.25, 0.3) is 44.5 Å². The molecule has 208 valence electrons. The Labute approximate surface area is 240 Å². The molecule has 1 aliphatic rings. The van der Waals surface area contributed by atoms with E-state index in [2.05, 4.69) is 75.2 Å². The number of aromatic amines is 1. The summed E-state index contributed by atoms with van der Waals surface area (Å²) >= 11 is 0. The van der Waals surface area contributed by atoms with E-state index in [1.54, 1.807) is 0 Å². The zero-order valence-electron chi connectivity index (χ0n) is 24.0. The number of anilines is 2. The van der Waals surface area contributed by atoms with Gasteiger partial charge in [0.2, 0.25) is 5.91 Å². The van der Waals surface area contributed by atoms with Gasteiger partial charge in [-0.05, 0) is 67.9 Å². The van der Waals surface area contributed by atoms with E-state index in [0.717, 1.165) is 87.7 Å². The van der Waals surface area contributed by atoms with Crippen LogP contribution in [0.3, 0.4) is 0 Å². The third-order valence-electron chi connectivity index (χ3n) is 7.97. The lowest BCUT2D eigenvalue weighted by molar-refractivity contribution is -0.111. The van der Waals surface area contributed by atoms with Crippen LogP contribution in [0.15, 0.2) is 73.6 Å². The first kappa shape index (κ1) is 26.5. The van der Waals surface area contributed by atoms with Crippen LogP contribution in [0.2, 0.25) is 0 Å². The number of aryl methyl sites for hydroxylation is 3. The number of carbonyl (C=O) groups excluding carboxylic acids is 1. The first-order valence-electron chi connectivity index (χ1n) is 13.9. The van der Waals surface area contributed by atoms with Crippen LogP contribution in [-0.4, -0.2) is 63.8 Å². The number of nitrogens with zero attached hydrogens (tertiary/aromatic N) is 5. The monoisotopic (exact) mass is 545 g/mol. The van der Waals surface area contributed by atoms with Gasteiger partial charge >= 0.3 is 0 Å². The zero-order chi connectivity index (χ0) is 28.7. The van der Waals surface area contributed by atoms with Gasteiger partial charge in [-0.1, -0.05) is 30.8 Å². The Morgan fingerprint density at radius 3 is 2.39 bits per heavy atom. The lowest BCUT2D eigenvalue weighted by atomic mass is 9.96. The first-order chi connectivity index (χ1) is 19.8. The Hall–Kier alpha value is -4.69. The van der Waals surface area contributed by atoms with Gasteiger partial charge in [-0.2, -0.15) is 5.10 Å². The lowest BCUT2D eigenvalue weighted by Gasteiger charge is -2.34. The average Bonchev–Trinajstić information content (AvgIpc) is 3.53. The number of hydrogen-bond donors (Lipinski definition) is 2. The molecule has 0 aliphatic carbocycles. The minimum absolute atomic E-state index is 0.236. The summed E-state index contributed by atoms with van der Waals surface area (Å²) in [5.41, 5.74) is 10.9. The fourth-order valence-electron chi connectivity index (χ4n) is 5.62. The number of fused-ring (bicyclic) bond motifs is 1. The van der Waals surface area contributed by atoms with E-state index in [9.17, 15) is 4.79 Å². The number of pyridine rings is 1. The van der Waals surface area contributed by atoms with E-state index < -0.39 is 0 Å². The SMILES string of the molecule is C=CC(=O)Nc1cc(-c2c(-c3ccc(N4CCN(C)CC4)cc3)[nH]c3ncc(-c4cn(C)nc4C)cc23)ccc1C. The van der Waals surface area contributed by atoms with E-state index in [-0.39, 0.29) is 5.91 Å². The smallest absolute Gasteiger partial charge is 0.247 e. The van der Waals surface area contributed by atoms with Gasteiger partial charge in [0.25, 0.3) is 0 Å². The lowest BCUT2D eigenvalue weighted by Crippen LogP contribution is -2.44. The van der Waals surface area contributed by atoms with Crippen molar-refractivity contribution in [3.05, 3.63) is 84.8 Å². The third kappa shape index (κ3) is 5.14. The summed E-state index contributed by atoms with van der Waals surface area (Å²) in [6, 6.07) is 17.1. The van der Waals surface area contributed by atoms with Crippen molar-refractivity contribution in [3.63, 3.8) is 0 Å². The highest BCUT2D eigenvalue weighted by molar-refractivity contribution is 6.05. The molecule has 4 heterocycles. The van der Waals surface area contributed by atoms with Crippen LogP contribution >= 0.6 is 0 Å². The molecule has 0 bridgehead atoms. The molecule has 3 aromatic heterocycles. The molecule has 1 aliphatic heterocycles. The van der Waals surface area contributed by atoms with Crippen LogP contribution in [0.4, 0.5) is 11.4 Å². The Bertz CT molecular complexity index is 1750. The maximum absolute atomic E-state index is 12.2. The highest BCUT2D eigenvalue weighted by Crippen LogP contribution is 2.41. The topological polar surface area (TPSA) is 82.1 Å². The third-order valence-corrected chi connectivity index (χ3v) is 7.97. The van der Waals surface area contributed by atoms with Crippen molar-refractivity contribution in [1.82, 2.24) is 24.6 Å². The predicted molar refractivity (Wildman–Crippen MR) is 167 cm³/mol. The van der Waals surface area contributed by atoms with Crippen molar-refractivity contribution in [2.75, 3.05) is 43.4 Å². The van der Waals surface area contributed by atoms with Gasteiger partial charge in [0.1, 0.15) is 5.65 Å². The second kappa shape index (κ2) is 10.7. The Morgan fingerprint density at radius 2 is 1.71 bits per heavy atom. The van der Waals surface area contributed by atoms with Crippen LogP contribution in [-0.2, 0) is 11.8 Å². The molecule has 0 atom stereocenters. The van der Waals surface area contributed by atoms with Crippen molar-refractivity contribution in [3.8, 4) is 33.5 Å². The number of likely N-dealkylation sites (N-methyl/N-ethyl adjacent to an activating group) is 1. The normalized spacial score (nSPS) is 14.0. The number of rotatable bonds is 6. The summed E-state index contributed by atoms with van der Waals surface area (Å²) in [6.07, 6.45) is 5.21. The molecule has 0 radical (unpaired) electrons. The first-order valence-corrected chi connectivity index (χ1v) is 13.9. The number of H-pyrrole nitrogens is 1. The van der Waals surface area contributed by atoms with E-state index in [1.165, 1.54) is 11.8 Å². The standard InChI is InChI=1S/C33H35N7O/c1-6-30(41)35-29-18-24(8-7-21(29)2)31-27-17-25(28-20-39(5)37-22(28)3)19-34-33(27)36-32(31)23-9-11-26(12-10-23)40-15-13-38(4)14-16-40/h6-12,17-20H,1,13-16H2,2-5H3,(H,34,36)(H,35,41). The van der Waals surface area contributed by atoms with Crippen LogP contribution in [0, 0.1) is 13.8 Å². The van der Waals surface area contributed by atoms with Crippen LogP contribution in [0.1, 0.15) is 11.3 Å². The van der Waals surface area contributed by atoms with Gasteiger partial charge in [-0.15, -0.1) is 0 Å². The second-order valence-electron chi connectivity index (χ2n) is 10.9. The average molecular weight is 546 g/mol. The van der Waals surface area contributed by atoms with Gasteiger partial charge in [0, 0.05) is 79.1 Å². The minimum atomic E-state index is -0.236. The number of nitrogens with one attached hydrogen (secondary N) is 2.